The molecule has 1 aromatic carbocycles. The molecule has 1 amide bonds. The molecule has 1 atom stereocenters. The van der Waals surface area contributed by atoms with Crippen LogP contribution in [0.2, 0.25) is 0 Å². The topological polar surface area (TPSA) is 68.0 Å². The van der Waals surface area contributed by atoms with E-state index >= 15 is 0 Å². The van der Waals surface area contributed by atoms with Crippen LogP contribution in [0.5, 0.6) is 0 Å². The maximum Gasteiger partial charge on any atom is 0.391 e. The third-order valence-corrected chi connectivity index (χ3v) is 3.43. The summed E-state index contributed by atoms with van der Waals surface area (Å²) < 4.78 is 37.3. The fraction of sp³-hybridized carbons (Fsp3) is 0.333. The molecular formula is C12H12F3N3OS. The zero-order valence-electron chi connectivity index (χ0n) is 10.5. The summed E-state index contributed by atoms with van der Waals surface area (Å²) in [7, 11) is 0. The van der Waals surface area contributed by atoms with Gasteiger partial charge in [-0.3, -0.25) is 4.79 Å². The Morgan fingerprint density at radius 3 is 2.85 bits per heavy atom. The minimum absolute atomic E-state index is 0.287. The van der Waals surface area contributed by atoms with Crippen LogP contribution < -0.4 is 11.1 Å². The first kappa shape index (κ1) is 14.6. The summed E-state index contributed by atoms with van der Waals surface area (Å²) in [6.45, 7) is 1.31. The van der Waals surface area contributed by atoms with Gasteiger partial charge in [-0.25, -0.2) is 4.98 Å². The van der Waals surface area contributed by atoms with Crippen LogP contribution in [0, 0.1) is 0 Å². The van der Waals surface area contributed by atoms with Crippen LogP contribution in [0.3, 0.4) is 0 Å². The number of alkyl halides is 3. The van der Waals surface area contributed by atoms with E-state index in [4.69, 9.17) is 5.73 Å². The molecule has 2 rings (SSSR count). The number of nitrogens with zero attached hydrogens (tertiary/aromatic N) is 1. The first-order chi connectivity index (χ1) is 9.24. The van der Waals surface area contributed by atoms with Crippen molar-refractivity contribution in [2.75, 3.05) is 5.73 Å². The Hall–Kier alpha value is -1.83. The smallest absolute Gasteiger partial charge is 0.375 e. The zero-order valence-corrected chi connectivity index (χ0v) is 11.3. The van der Waals surface area contributed by atoms with Gasteiger partial charge in [0.25, 0.3) is 5.91 Å². The number of fused-ring (bicyclic) bond motifs is 1. The highest BCUT2D eigenvalue weighted by atomic mass is 32.1. The number of rotatable bonds is 3. The van der Waals surface area contributed by atoms with E-state index in [1.54, 1.807) is 12.1 Å². The summed E-state index contributed by atoms with van der Waals surface area (Å²) in [5.74, 6) is -0.546. The molecule has 0 fully saturated rings. The second kappa shape index (κ2) is 5.28. The summed E-state index contributed by atoms with van der Waals surface area (Å²) in [4.78, 5) is 15.9. The van der Waals surface area contributed by atoms with Gasteiger partial charge in [0, 0.05) is 11.6 Å². The maximum absolute atomic E-state index is 12.2. The Kier molecular flexibility index (Phi) is 3.85. The average Bonchev–Trinajstić information content (AvgIpc) is 2.64. The third-order valence-electron chi connectivity index (χ3n) is 2.58. The monoisotopic (exact) mass is 303 g/mol. The normalized spacial score (nSPS) is 13.4. The molecule has 0 aliphatic rings. The van der Waals surface area contributed by atoms with Gasteiger partial charge >= 0.3 is 6.18 Å². The molecule has 0 saturated heterocycles. The van der Waals surface area contributed by atoms with Crippen molar-refractivity contribution in [3.05, 3.63) is 23.8 Å². The van der Waals surface area contributed by atoms with E-state index in [9.17, 15) is 18.0 Å². The molecule has 108 valence electrons. The maximum atomic E-state index is 12.2. The summed E-state index contributed by atoms with van der Waals surface area (Å²) in [6.07, 6.45) is -5.36. The van der Waals surface area contributed by atoms with E-state index < -0.39 is 24.5 Å². The number of benzene rings is 1. The Morgan fingerprint density at radius 2 is 2.20 bits per heavy atom. The summed E-state index contributed by atoms with van der Waals surface area (Å²) in [6, 6.07) is 3.71. The molecule has 0 aliphatic heterocycles. The minimum atomic E-state index is -4.30. The van der Waals surface area contributed by atoms with E-state index in [0.717, 1.165) is 4.70 Å². The molecule has 8 heteroatoms. The number of amides is 1. The highest BCUT2D eigenvalue weighted by molar-refractivity contribution is 7.22. The lowest BCUT2D eigenvalue weighted by Gasteiger charge is -2.15. The molecule has 1 aromatic heterocycles. The van der Waals surface area contributed by atoms with Crippen LogP contribution in [0.1, 0.15) is 23.7 Å². The highest BCUT2D eigenvalue weighted by Crippen LogP contribution is 2.25. The lowest BCUT2D eigenvalue weighted by Crippen LogP contribution is -2.35. The fourth-order valence-corrected chi connectivity index (χ4v) is 2.56. The fourth-order valence-electron chi connectivity index (χ4n) is 1.79. The number of aromatic nitrogens is 1. The average molecular weight is 303 g/mol. The van der Waals surface area contributed by atoms with Gasteiger partial charge < -0.3 is 11.1 Å². The molecule has 2 aromatic rings. The third kappa shape index (κ3) is 3.60. The summed E-state index contributed by atoms with van der Waals surface area (Å²) in [5.41, 5.74) is 6.50. The van der Waals surface area contributed by atoms with Crippen LogP contribution in [-0.4, -0.2) is 23.1 Å². The van der Waals surface area contributed by atoms with Crippen molar-refractivity contribution in [2.45, 2.75) is 25.6 Å². The second-order valence-electron chi connectivity index (χ2n) is 4.43. The van der Waals surface area contributed by atoms with E-state index in [-0.39, 0.29) is 5.56 Å². The Morgan fingerprint density at radius 1 is 1.50 bits per heavy atom. The number of nitrogens with two attached hydrogens (primary N) is 1. The largest absolute Gasteiger partial charge is 0.391 e. The molecule has 1 heterocycles. The Balaban J connectivity index is 2.11. The minimum Gasteiger partial charge on any atom is -0.375 e. The second-order valence-corrected chi connectivity index (χ2v) is 5.49. The van der Waals surface area contributed by atoms with Crippen molar-refractivity contribution in [2.24, 2.45) is 0 Å². The number of hydrogen-bond donors (Lipinski definition) is 2. The van der Waals surface area contributed by atoms with Gasteiger partial charge in [-0.1, -0.05) is 11.3 Å². The van der Waals surface area contributed by atoms with Crippen molar-refractivity contribution in [1.82, 2.24) is 10.3 Å². The lowest BCUT2D eigenvalue weighted by atomic mass is 10.1. The van der Waals surface area contributed by atoms with Gasteiger partial charge in [0.2, 0.25) is 0 Å². The van der Waals surface area contributed by atoms with Crippen molar-refractivity contribution >= 4 is 32.6 Å². The highest BCUT2D eigenvalue weighted by Gasteiger charge is 2.30. The van der Waals surface area contributed by atoms with Gasteiger partial charge in [0.05, 0.1) is 16.6 Å². The van der Waals surface area contributed by atoms with Gasteiger partial charge in [-0.2, -0.15) is 13.2 Å². The first-order valence-electron chi connectivity index (χ1n) is 5.78. The number of nitrogen functional groups attached to an aromatic ring is 1. The van der Waals surface area contributed by atoms with Gasteiger partial charge in [0.1, 0.15) is 0 Å². The van der Waals surface area contributed by atoms with E-state index in [1.165, 1.54) is 24.3 Å². The van der Waals surface area contributed by atoms with E-state index in [0.29, 0.717) is 10.6 Å². The SMILES string of the molecule is CC(CC(F)(F)F)NC(=O)c1ccc2nc(N)sc2c1. The molecule has 3 N–H and O–H groups in total. The van der Waals surface area contributed by atoms with Crippen molar-refractivity contribution in [3.63, 3.8) is 0 Å². The molecule has 0 bridgehead atoms. The number of hydrogen-bond acceptors (Lipinski definition) is 4. The van der Waals surface area contributed by atoms with Gasteiger partial charge in [0.15, 0.2) is 5.13 Å². The predicted octanol–water partition coefficient (Wildman–Crippen LogP) is 2.95. The summed E-state index contributed by atoms with van der Waals surface area (Å²) >= 11 is 1.22. The number of carbonyl (C=O) groups is 1. The molecule has 0 spiro atoms. The number of nitrogens with one attached hydrogen (secondary N) is 1. The van der Waals surface area contributed by atoms with Crippen LogP contribution in [-0.2, 0) is 0 Å². The molecule has 0 aliphatic carbocycles. The van der Waals surface area contributed by atoms with Crippen molar-refractivity contribution in [3.8, 4) is 0 Å². The molecule has 0 saturated carbocycles. The van der Waals surface area contributed by atoms with Crippen LogP contribution in [0.25, 0.3) is 10.2 Å². The van der Waals surface area contributed by atoms with E-state index in [1.807, 2.05) is 0 Å². The predicted molar refractivity (Wildman–Crippen MR) is 71.6 cm³/mol. The zero-order chi connectivity index (χ0) is 14.9. The quantitative estimate of drug-likeness (QED) is 0.916. The number of anilines is 1. The van der Waals surface area contributed by atoms with E-state index in [2.05, 4.69) is 10.3 Å². The standard InChI is InChI=1S/C12H12F3N3OS/c1-6(5-12(13,14)15)17-10(19)7-2-3-8-9(4-7)20-11(16)18-8/h2-4,6H,5H2,1H3,(H2,16,18)(H,17,19). The Bertz CT molecular complexity index is 638. The number of carbonyl (C=O) groups excluding carboxylic acids is 1. The van der Waals surface area contributed by atoms with Gasteiger partial charge in [-0.05, 0) is 25.1 Å². The van der Waals surface area contributed by atoms with Crippen LogP contribution in [0.4, 0.5) is 18.3 Å². The molecule has 0 radical (unpaired) electrons. The number of thiazole rings is 1. The molecular weight excluding hydrogens is 291 g/mol. The van der Waals surface area contributed by atoms with Gasteiger partial charge in [-0.15, -0.1) is 0 Å². The van der Waals surface area contributed by atoms with Crippen LogP contribution >= 0.6 is 11.3 Å². The number of halogens is 3. The molecule has 20 heavy (non-hydrogen) atoms. The van der Waals surface area contributed by atoms with Crippen LogP contribution in [0.15, 0.2) is 18.2 Å². The molecule has 1 unspecified atom stereocenters. The first-order valence-corrected chi connectivity index (χ1v) is 6.60. The lowest BCUT2D eigenvalue weighted by molar-refractivity contribution is -0.138. The van der Waals surface area contributed by atoms with Crippen molar-refractivity contribution < 1.29 is 18.0 Å². The summed E-state index contributed by atoms with van der Waals surface area (Å²) in [5, 5.41) is 2.70. The molecule has 4 nitrogen and oxygen atoms in total. The van der Waals surface area contributed by atoms with Crippen molar-refractivity contribution in [1.29, 1.82) is 0 Å². The Labute approximate surface area is 116 Å².